The lowest BCUT2D eigenvalue weighted by Crippen LogP contribution is -2.63. The van der Waals surface area contributed by atoms with Gasteiger partial charge in [0.25, 0.3) is 0 Å². The molecule has 1 N–H and O–H groups in total. The highest BCUT2D eigenvalue weighted by atomic mass is 16.7. The molecule has 13 heavy (non-hydrogen) atoms. The Morgan fingerprint density at radius 2 is 1.62 bits per heavy atom. The zero-order valence-corrected chi connectivity index (χ0v) is 8.33. The van der Waals surface area contributed by atoms with Gasteiger partial charge in [-0.2, -0.15) is 0 Å². The molecule has 0 heterocycles. The summed E-state index contributed by atoms with van der Waals surface area (Å²) < 4.78 is 10.3. The Bertz CT molecular complexity index is 188. The highest BCUT2D eigenvalue weighted by Gasteiger charge is 2.58. The van der Waals surface area contributed by atoms with E-state index >= 15 is 0 Å². The van der Waals surface area contributed by atoms with Crippen LogP contribution >= 0.6 is 0 Å². The molecule has 0 atom stereocenters. The Morgan fingerprint density at radius 1 is 1.23 bits per heavy atom. The fraction of sp³-hybridized carbons (Fsp3) is 1.00. The van der Waals surface area contributed by atoms with Crippen LogP contribution < -0.4 is 0 Å². The zero-order valence-electron chi connectivity index (χ0n) is 8.33. The van der Waals surface area contributed by atoms with Gasteiger partial charge in [0.05, 0.1) is 15.7 Å². The molecular weight excluding hydrogens is 166 g/mol. The molecule has 0 bridgehead atoms. The van der Waals surface area contributed by atoms with Gasteiger partial charge in [-0.1, -0.05) is 6.92 Å². The summed E-state index contributed by atoms with van der Waals surface area (Å²) in [6.07, 6.45) is 0.993. The van der Waals surface area contributed by atoms with E-state index in [0.717, 1.165) is 0 Å². The molecule has 0 aliphatic heterocycles. The van der Waals surface area contributed by atoms with Crippen molar-refractivity contribution in [3.05, 3.63) is 0 Å². The summed E-state index contributed by atoms with van der Waals surface area (Å²) in [6.45, 7) is 1.81. The average Bonchev–Trinajstić information content (AvgIpc) is 1.96. The molecule has 0 aromatic carbocycles. The van der Waals surface area contributed by atoms with Crippen LogP contribution in [0.2, 0.25) is 0 Å². The number of rotatable bonds is 3. The zero-order chi connectivity index (χ0) is 10.3. The van der Waals surface area contributed by atoms with Crippen molar-refractivity contribution < 1.29 is 14.6 Å². The lowest BCUT2D eigenvalue weighted by atomic mass is 9.43. The number of hydrogen-bond donors (Lipinski definition) is 1. The summed E-state index contributed by atoms with van der Waals surface area (Å²) in [6, 6.07) is 0. The highest BCUT2D eigenvalue weighted by molar-refractivity contribution is 6.39. The van der Waals surface area contributed by atoms with Crippen molar-refractivity contribution in [2.45, 2.75) is 31.0 Å². The summed E-state index contributed by atoms with van der Waals surface area (Å²) in [5.74, 6) is -0.624. The number of hydrogen-bond acceptors (Lipinski definition) is 3. The normalized spacial score (nSPS) is 25.2. The van der Waals surface area contributed by atoms with Crippen LogP contribution in [0.3, 0.4) is 0 Å². The third kappa shape index (κ3) is 1.65. The minimum Gasteiger partial charge on any atom is -0.409 e. The minimum atomic E-state index is -1.67. The van der Waals surface area contributed by atoms with Crippen LogP contribution in [-0.4, -0.2) is 46.2 Å². The van der Waals surface area contributed by atoms with E-state index in [2.05, 4.69) is 0 Å². The van der Waals surface area contributed by atoms with Crippen molar-refractivity contribution in [1.82, 2.24) is 0 Å². The van der Waals surface area contributed by atoms with E-state index < -0.39 is 16.6 Å². The van der Waals surface area contributed by atoms with Gasteiger partial charge >= 0.3 is 0 Å². The molecule has 0 unspecified atom stereocenters. The Kier molecular flexibility index (Phi) is 2.56. The topological polar surface area (TPSA) is 38.7 Å². The van der Waals surface area contributed by atoms with E-state index in [1.165, 1.54) is 0 Å². The third-order valence-corrected chi connectivity index (χ3v) is 3.03. The fourth-order valence-electron chi connectivity index (χ4n) is 1.79. The first-order valence-electron chi connectivity index (χ1n) is 4.19. The van der Waals surface area contributed by atoms with E-state index in [9.17, 15) is 5.11 Å². The maximum atomic E-state index is 9.46. The molecular formula is C8H14B2O3. The molecule has 0 saturated heterocycles. The average molecular weight is 180 g/mol. The van der Waals surface area contributed by atoms with Crippen LogP contribution in [0.25, 0.3) is 0 Å². The quantitative estimate of drug-likeness (QED) is 0.480. The molecule has 0 amide bonds. The van der Waals surface area contributed by atoms with Crippen molar-refractivity contribution >= 4 is 15.7 Å². The summed E-state index contributed by atoms with van der Waals surface area (Å²) in [7, 11) is 14.0. The van der Waals surface area contributed by atoms with Gasteiger partial charge in [0, 0.05) is 27.1 Å². The van der Waals surface area contributed by atoms with Crippen molar-refractivity contribution in [3.8, 4) is 0 Å². The molecule has 3 nitrogen and oxygen atoms in total. The lowest BCUT2D eigenvalue weighted by molar-refractivity contribution is -0.306. The second-order valence-corrected chi connectivity index (χ2v) is 4.06. The predicted molar refractivity (Wildman–Crippen MR) is 50.5 cm³/mol. The summed E-state index contributed by atoms with van der Waals surface area (Å²) in [4.78, 5) is 0. The van der Waals surface area contributed by atoms with Crippen LogP contribution in [-0.2, 0) is 9.47 Å². The van der Waals surface area contributed by atoms with E-state index in [-0.39, 0.29) is 0 Å². The van der Waals surface area contributed by atoms with Gasteiger partial charge in [0.1, 0.15) is 0 Å². The predicted octanol–water partition coefficient (Wildman–Crippen LogP) is -0.241. The van der Waals surface area contributed by atoms with E-state index in [0.29, 0.717) is 12.8 Å². The maximum absolute atomic E-state index is 9.46. The molecule has 0 aromatic heterocycles. The Balaban J connectivity index is 2.65. The van der Waals surface area contributed by atoms with Gasteiger partial charge in [-0.15, -0.1) is 0 Å². The molecule has 1 saturated carbocycles. The molecule has 70 valence electrons. The minimum absolute atomic E-state index is 0.497. The molecule has 1 fully saturated rings. The van der Waals surface area contributed by atoms with Crippen LogP contribution in [0.1, 0.15) is 19.8 Å². The summed E-state index contributed by atoms with van der Waals surface area (Å²) in [5, 5.41) is 7.79. The largest absolute Gasteiger partial charge is 0.409 e. The monoisotopic (exact) mass is 180 g/mol. The second kappa shape index (κ2) is 3.01. The second-order valence-electron chi connectivity index (χ2n) is 4.06. The van der Waals surface area contributed by atoms with Crippen LogP contribution in [0, 0.1) is 5.41 Å². The van der Waals surface area contributed by atoms with Gasteiger partial charge < -0.3 is 14.6 Å². The maximum Gasteiger partial charge on any atom is 0.168 e. The number of aliphatic hydroxyl groups is 1. The van der Waals surface area contributed by atoms with Crippen molar-refractivity contribution in [3.63, 3.8) is 0 Å². The highest BCUT2D eigenvalue weighted by Crippen LogP contribution is 2.54. The molecule has 4 radical (unpaired) electrons. The molecule has 1 rings (SSSR count). The Hall–Kier alpha value is 0.00987. The smallest absolute Gasteiger partial charge is 0.168 e. The molecule has 5 heteroatoms. The Labute approximate surface area is 81.6 Å². The SMILES string of the molecule is [B]C([B])(O)C1(C)CC(OC)(OC)C1. The van der Waals surface area contributed by atoms with Gasteiger partial charge in [-0.3, -0.25) is 0 Å². The first kappa shape index (κ1) is 11.1. The first-order valence-corrected chi connectivity index (χ1v) is 4.19. The summed E-state index contributed by atoms with van der Waals surface area (Å²) >= 11 is 0. The van der Waals surface area contributed by atoms with Crippen molar-refractivity contribution in [2.24, 2.45) is 5.41 Å². The van der Waals surface area contributed by atoms with Crippen LogP contribution in [0.5, 0.6) is 0 Å². The van der Waals surface area contributed by atoms with E-state index in [4.69, 9.17) is 25.2 Å². The van der Waals surface area contributed by atoms with Gasteiger partial charge in [0.2, 0.25) is 0 Å². The number of ether oxygens (including phenoxy) is 2. The third-order valence-electron chi connectivity index (χ3n) is 3.03. The van der Waals surface area contributed by atoms with Gasteiger partial charge in [-0.25, -0.2) is 0 Å². The number of methoxy groups -OCH3 is 2. The standard InChI is InChI=1S/C8H14B2O3/c1-6(8(9,10)11)4-7(5-6,12-2)13-3/h11H,4-5H2,1-3H3. The lowest BCUT2D eigenvalue weighted by Gasteiger charge is -2.58. The van der Waals surface area contributed by atoms with Crippen molar-refractivity contribution in [2.75, 3.05) is 14.2 Å². The van der Waals surface area contributed by atoms with Crippen LogP contribution in [0.4, 0.5) is 0 Å². The summed E-state index contributed by atoms with van der Waals surface area (Å²) in [5.41, 5.74) is -0.543. The van der Waals surface area contributed by atoms with Gasteiger partial charge in [0.15, 0.2) is 5.79 Å². The van der Waals surface area contributed by atoms with Gasteiger partial charge in [-0.05, 0) is 10.8 Å². The first-order chi connectivity index (χ1) is 5.79. The van der Waals surface area contributed by atoms with Crippen LogP contribution in [0.15, 0.2) is 0 Å². The molecule has 0 aromatic rings. The van der Waals surface area contributed by atoms with E-state index in [1.807, 2.05) is 6.92 Å². The molecule has 1 aliphatic carbocycles. The van der Waals surface area contributed by atoms with E-state index in [1.54, 1.807) is 14.2 Å². The Morgan fingerprint density at radius 3 is 1.85 bits per heavy atom. The fourth-order valence-corrected chi connectivity index (χ4v) is 1.79. The van der Waals surface area contributed by atoms with Crippen molar-refractivity contribution in [1.29, 1.82) is 0 Å². The molecule has 0 spiro atoms. The molecule has 1 aliphatic rings.